The third-order valence-electron chi connectivity index (χ3n) is 2.00. The van der Waals surface area contributed by atoms with Crippen molar-refractivity contribution in [3.8, 4) is 0 Å². The molecule has 0 aliphatic rings. The molecule has 0 bridgehead atoms. The standard InChI is InChI=1S/C10H17N3OS.2ClH/c1-7-9(15-8(2)13-7)10(14)12-6-4-5-11-3;;/h11H,4-6H2,1-3H3,(H,12,14);2*1H. The molecule has 1 rings (SSSR count). The number of thiazole rings is 1. The van der Waals surface area contributed by atoms with Crippen LogP contribution in [0.3, 0.4) is 0 Å². The summed E-state index contributed by atoms with van der Waals surface area (Å²) in [5.41, 5.74) is 0.823. The second-order valence-corrected chi connectivity index (χ2v) is 4.56. The van der Waals surface area contributed by atoms with Crippen LogP contribution in [-0.4, -0.2) is 31.0 Å². The number of hydrogen-bond acceptors (Lipinski definition) is 4. The maximum Gasteiger partial charge on any atom is 0.263 e. The van der Waals surface area contributed by atoms with E-state index >= 15 is 0 Å². The Morgan fingerprint density at radius 1 is 1.29 bits per heavy atom. The van der Waals surface area contributed by atoms with Crippen LogP contribution < -0.4 is 10.6 Å². The quantitative estimate of drug-likeness (QED) is 0.817. The van der Waals surface area contributed by atoms with Crippen LogP contribution in [0, 0.1) is 13.8 Å². The summed E-state index contributed by atoms with van der Waals surface area (Å²) in [6.07, 6.45) is 0.944. The van der Waals surface area contributed by atoms with Crippen LogP contribution >= 0.6 is 36.2 Å². The molecule has 0 saturated heterocycles. The topological polar surface area (TPSA) is 54.0 Å². The summed E-state index contributed by atoms with van der Waals surface area (Å²) in [5.74, 6) is -0.00537. The first kappa shape index (κ1) is 19.0. The van der Waals surface area contributed by atoms with E-state index in [0.29, 0.717) is 6.54 Å². The van der Waals surface area contributed by atoms with Gasteiger partial charge in [-0.3, -0.25) is 4.79 Å². The first-order valence-electron chi connectivity index (χ1n) is 5.02. The molecule has 7 heteroatoms. The molecule has 100 valence electrons. The Kier molecular flexibility index (Phi) is 10.8. The Morgan fingerprint density at radius 3 is 2.41 bits per heavy atom. The number of aryl methyl sites for hydroxylation is 2. The minimum atomic E-state index is -0.00537. The van der Waals surface area contributed by atoms with Crippen LogP contribution in [0.2, 0.25) is 0 Å². The van der Waals surface area contributed by atoms with Gasteiger partial charge in [-0.05, 0) is 33.9 Å². The van der Waals surface area contributed by atoms with Crippen molar-refractivity contribution in [1.29, 1.82) is 0 Å². The summed E-state index contributed by atoms with van der Waals surface area (Å²) < 4.78 is 0. The van der Waals surface area contributed by atoms with E-state index < -0.39 is 0 Å². The third-order valence-corrected chi connectivity index (χ3v) is 3.07. The van der Waals surface area contributed by atoms with Crippen LogP contribution in [0.4, 0.5) is 0 Å². The number of halogens is 2. The van der Waals surface area contributed by atoms with E-state index in [-0.39, 0.29) is 30.7 Å². The number of hydrogen-bond donors (Lipinski definition) is 2. The minimum Gasteiger partial charge on any atom is -0.351 e. The van der Waals surface area contributed by atoms with E-state index in [9.17, 15) is 4.79 Å². The lowest BCUT2D eigenvalue weighted by Crippen LogP contribution is -2.26. The summed E-state index contributed by atoms with van der Waals surface area (Å²) >= 11 is 1.45. The highest BCUT2D eigenvalue weighted by Gasteiger charge is 2.12. The van der Waals surface area contributed by atoms with E-state index in [0.717, 1.165) is 28.5 Å². The summed E-state index contributed by atoms with van der Waals surface area (Å²) in [6.45, 7) is 5.40. The number of aromatic nitrogens is 1. The fraction of sp³-hybridized carbons (Fsp3) is 0.600. The molecular formula is C10H19Cl2N3OS. The van der Waals surface area contributed by atoms with Crippen molar-refractivity contribution < 1.29 is 4.79 Å². The number of rotatable bonds is 5. The van der Waals surface area contributed by atoms with Crippen molar-refractivity contribution in [2.24, 2.45) is 0 Å². The Balaban J connectivity index is 0. The molecule has 1 aromatic heterocycles. The van der Waals surface area contributed by atoms with Gasteiger partial charge in [-0.2, -0.15) is 0 Å². The molecule has 0 saturated carbocycles. The summed E-state index contributed by atoms with van der Waals surface area (Å²) in [6, 6.07) is 0. The van der Waals surface area contributed by atoms with Crippen LogP contribution in [0.15, 0.2) is 0 Å². The monoisotopic (exact) mass is 299 g/mol. The van der Waals surface area contributed by atoms with Crippen LogP contribution in [0.5, 0.6) is 0 Å². The van der Waals surface area contributed by atoms with Gasteiger partial charge in [0.1, 0.15) is 4.88 Å². The summed E-state index contributed by atoms with van der Waals surface area (Å²) in [4.78, 5) is 16.6. The molecule has 4 nitrogen and oxygen atoms in total. The Morgan fingerprint density at radius 2 is 1.94 bits per heavy atom. The predicted molar refractivity (Wildman–Crippen MR) is 77.0 cm³/mol. The highest BCUT2D eigenvalue weighted by atomic mass is 35.5. The van der Waals surface area contributed by atoms with Crippen molar-refractivity contribution in [3.05, 3.63) is 15.6 Å². The predicted octanol–water partition coefficient (Wildman–Crippen LogP) is 1.94. The largest absolute Gasteiger partial charge is 0.351 e. The van der Waals surface area contributed by atoms with Gasteiger partial charge in [0.15, 0.2) is 0 Å². The van der Waals surface area contributed by atoms with E-state index in [1.165, 1.54) is 11.3 Å². The Hall–Kier alpha value is -0.360. The molecule has 1 heterocycles. The van der Waals surface area contributed by atoms with E-state index in [4.69, 9.17) is 0 Å². The first-order valence-corrected chi connectivity index (χ1v) is 5.83. The maximum absolute atomic E-state index is 11.7. The number of nitrogens with one attached hydrogen (secondary N) is 2. The van der Waals surface area contributed by atoms with Gasteiger partial charge < -0.3 is 10.6 Å². The molecule has 1 amide bonds. The molecule has 0 atom stereocenters. The molecule has 0 aliphatic carbocycles. The normalized spacial score (nSPS) is 9.12. The molecule has 1 aromatic rings. The summed E-state index contributed by atoms with van der Waals surface area (Å²) in [7, 11) is 1.90. The molecule has 0 spiro atoms. The van der Waals surface area contributed by atoms with Crippen LogP contribution in [0.1, 0.15) is 26.8 Å². The molecule has 0 radical (unpaired) electrons. The number of carbonyl (C=O) groups is 1. The smallest absolute Gasteiger partial charge is 0.263 e. The lowest BCUT2D eigenvalue weighted by Gasteiger charge is -2.03. The third kappa shape index (κ3) is 6.21. The molecular weight excluding hydrogens is 281 g/mol. The van der Waals surface area contributed by atoms with E-state index in [2.05, 4.69) is 15.6 Å². The first-order chi connectivity index (χ1) is 7.15. The summed E-state index contributed by atoms with van der Waals surface area (Å²) in [5, 5.41) is 6.85. The van der Waals surface area contributed by atoms with Gasteiger partial charge in [0, 0.05) is 6.54 Å². The number of carbonyl (C=O) groups excluding carboxylic acids is 1. The van der Waals surface area contributed by atoms with Gasteiger partial charge in [0.2, 0.25) is 0 Å². The van der Waals surface area contributed by atoms with Crippen molar-refractivity contribution in [2.45, 2.75) is 20.3 Å². The minimum absolute atomic E-state index is 0. The van der Waals surface area contributed by atoms with Crippen LogP contribution in [0.25, 0.3) is 0 Å². The zero-order valence-electron chi connectivity index (χ0n) is 10.2. The molecule has 0 unspecified atom stereocenters. The fourth-order valence-corrected chi connectivity index (χ4v) is 2.13. The fourth-order valence-electron chi connectivity index (χ4n) is 1.29. The zero-order valence-corrected chi connectivity index (χ0v) is 12.7. The number of amides is 1. The van der Waals surface area contributed by atoms with Crippen molar-refractivity contribution >= 4 is 42.1 Å². The average Bonchev–Trinajstić information content (AvgIpc) is 2.52. The van der Waals surface area contributed by atoms with E-state index in [1.807, 2.05) is 20.9 Å². The molecule has 2 N–H and O–H groups in total. The Bertz CT molecular complexity index is 344. The van der Waals surface area contributed by atoms with Crippen molar-refractivity contribution in [2.75, 3.05) is 20.1 Å². The molecule has 0 fully saturated rings. The van der Waals surface area contributed by atoms with Crippen LogP contribution in [-0.2, 0) is 0 Å². The second kappa shape index (κ2) is 9.65. The molecule has 0 aromatic carbocycles. The van der Waals surface area contributed by atoms with Gasteiger partial charge in [-0.25, -0.2) is 4.98 Å². The zero-order chi connectivity index (χ0) is 11.3. The van der Waals surface area contributed by atoms with Gasteiger partial charge in [-0.15, -0.1) is 36.2 Å². The van der Waals surface area contributed by atoms with Crippen molar-refractivity contribution in [3.63, 3.8) is 0 Å². The second-order valence-electron chi connectivity index (χ2n) is 3.36. The molecule has 0 aliphatic heterocycles. The van der Waals surface area contributed by atoms with Gasteiger partial charge >= 0.3 is 0 Å². The average molecular weight is 300 g/mol. The van der Waals surface area contributed by atoms with Gasteiger partial charge in [0.05, 0.1) is 10.7 Å². The lowest BCUT2D eigenvalue weighted by molar-refractivity contribution is 0.0956. The van der Waals surface area contributed by atoms with Crippen molar-refractivity contribution in [1.82, 2.24) is 15.6 Å². The highest BCUT2D eigenvalue weighted by Crippen LogP contribution is 2.16. The Labute approximate surface area is 118 Å². The SMILES string of the molecule is CNCCCNC(=O)c1sc(C)nc1C.Cl.Cl. The van der Waals surface area contributed by atoms with Gasteiger partial charge in [0.25, 0.3) is 5.91 Å². The maximum atomic E-state index is 11.7. The highest BCUT2D eigenvalue weighted by molar-refractivity contribution is 7.13. The van der Waals surface area contributed by atoms with E-state index in [1.54, 1.807) is 0 Å². The van der Waals surface area contributed by atoms with Gasteiger partial charge in [-0.1, -0.05) is 0 Å². The lowest BCUT2D eigenvalue weighted by atomic mass is 10.3. The molecule has 17 heavy (non-hydrogen) atoms. The number of nitrogens with zero attached hydrogens (tertiary/aromatic N) is 1.